The van der Waals surface area contributed by atoms with Crippen LogP contribution in [0.4, 0.5) is 5.82 Å². The van der Waals surface area contributed by atoms with E-state index in [0.29, 0.717) is 12.4 Å². The highest BCUT2D eigenvalue weighted by Crippen LogP contribution is 2.05. The molecule has 0 aromatic carbocycles. The average Bonchev–Trinajstić information content (AvgIpc) is 2.03. The number of carbonyl (C=O) groups is 1. The van der Waals surface area contributed by atoms with Crippen molar-refractivity contribution < 1.29 is 9.90 Å². The van der Waals surface area contributed by atoms with E-state index in [1.54, 1.807) is 6.07 Å². The second-order valence-electron chi connectivity index (χ2n) is 2.28. The molecule has 1 rings (SSSR count). The maximum atomic E-state index is 10.2. The molecule has 1 aromatic rings. The Morgan fingerprint density at radius 1 is 1.69 bits per heavy atom. The molecule has 5 nitrogen and oxygen atoms in total. The number of anilines is 1. The van der Waals surface area contributed by atoms with Crippen LogP contribution in [0.15, 0.2) is 12.3 Å². The van der Waals surface area contributed by atoms with Gasteiger partial charge in [0.2, 0.25) is 5.28 Å². The fourth-order valence-corrected chi connectivity index (χ4v) is 0.878. The number of hydrogen-bond donors (Lipinski definition) is 2. The summed E-state index contributed by atoms with van der Waals surface area (Å²) in [6.45, 7) is 0.322. The van der Waals surface area contributed by atoms with Crippen LogP contribution in [0.3, 0.4) is 0 Å². The third-order valence-corrected chi connectivity index (χ3v) is 1.45. The lowest BCUT2D eigenvalue weighted by Gasteiger charge is -2.02. The van der Waals surface area contributed by atoms with E-state index >= 15 is 0 Å². The van der Waals surface area contributed by atoms with Gasteiger partial charge in [0.25, 0.3) is 0 Å². The number of aromatic nitrogens is 2. The molecule has 0 saturated carbocycles. The van der Waals surface area contributed by atoms with Gasteiger partial charge in [-0.2, -0.15) is 0 Å². The second-order valence-corrected chi connectivity index (χ2v) is 2.62. The van der Waals surface area contributed by atoms with Crippen molar-refractivity contribution in [3.63, 3.8) is 0 Å². The summed E-state index contributed by atoms with van der Waals surface area (Å²) in [5.74, 6) is -0.325. The molecule has 0 aliphatic carbocycles. The zero-order chi connectivity index (χ0) is 9.68. The van der Waals surface area contributed by atoms with E-state index in [4.69, 9.17) is 16.7 Å². The molecule has 0 amide bonds. The Balaban J connectivity index is 2.41. The van der Waals surface area contributed by atoms with Crippen LogP contribution in [-0.2, 0) is 4.79 Å². The van der Waals surface area contributed by atoms with Gasteiger partial charge < -0.3 is 10.4 Å². The fraction of sp³-hybridized carbons (Fsp3) is 0.286. The minimum atomic E-state index is -0.854. The van der Waals surface area contributed by atoms with Crippen molar-refractivity contribution in [1.29, 1.82) is 0 Å². The van der Waals surface area contributed by atoms with Gasteiger partial charge in [0, 0.05) is 12.7 Å². The molecule has 13 heavy (non-hydrogen) atoms. The van der Waals surface area contributed by atoms with E-state index < -0.39 is 5.97 Å². The number of nitrogens with zero attached hydrogens (tertiary/aromatic N) is 2. The first kappa shape index (κ1) is 9.73. The molecule has 0 spiro atoms. The van der Waals surface area contributed by atoms with Crippen molar-refractivity contribution in [3.8, 4) is 0 Å². The Bertz CT molecular complexity index is 306. The number of hydrogen-bond acceptors (Lipinski definition) is 4. The lowest BCUT2D eigenvalue weighted by atomic mass is 10.4. The normalized spacial score (nSPS) is 9.62. The molecule has 2 N–H and O–H groups in total. The van der Waals surface area contributed by atoms with E-state index in [-0.39, 0.29) is 11.7 Å². The van der Waals surface area contributed by atoms with Crippen molar-refractivity contribution >= 4 is 23.4 Å². The van der Waals surface area contributed by atoms with Gasteiger partial charge >= 0.3 is 5.97 Å². The number of nitrogens with one attached hydrogen (secondary N) is 1. The molecule has 0 aliphatic rings. The first-order valence-electron chi connectivity index (χ1n) is 3.62. The summed E-state index contributed by atoms with van der Waals surface area (Å²) in [4.78, 5) is 17.7. The van der Waals surface area contributed by atoms with E-state index in [1.165, 1.54) is 6.20 Å². The largest absolute Gasteiger partial charge is 0.481 e. The van der Waals surface area contributed by atoms with Gasteiger partial charge in [0.05, 0.1) is 6.42 Å². The van der Waals surface area contributed by atoms with Crippen LogP contribution in [0.1, 0.15) is 6.42 Å². The third-order valence-electron chi connectivity index (χ3n) is 1.27. The molecule has 70 valence electrons. The van der Waals surface area contributed by atoms with Crippen LogP contribution in [-0.4, -0.2) is 27.6 Å². The maximum absolute atomic E-state index is 10.2. The predicted molar refractivity (Wildman–Crippen MR) is 47.8 cm³/mol. The molecule has 0 bridgehead atoms. The molecule has 0 unspecified atom stereocenters. The van der Waals surface area contributed by atoms with Gasteiger partial charge in [-0.25, -0.2) is 9.97 Å². The van der Waals surface area contributed by atoms with E-state index in [1.807, 2.05) is 0 Å². The van der Waals surface area contributed by atoms with Gasteiger partial charge in [-0.1, -0.05) is 0 Å². The molecule has 0 aliphatic heterocycles. The molecule has 1 aromatic heterocycles. The van der Waals surface area contributed by atoms with E-state index in [0.717, 1.165) is 0 Å². The molecular formula is C7H8ClN3O2. The van der Waals surface area contributed by atoms with Crippen molar-refractivity contribution in [2.24, 2.45) is 0 Å². The Labute approximate surface area is 79.8 Å². The SMILES string of the molecule is O=C(O)CCNc1ccnc(Cl)n1. The quantitative estimate of drug-likeness (QED) is 0.712. The summed E-state index contributed by atoms with van der Waals surface area (Å²) in [6.07, 6.45) is 1.54. The maximum Gasteiger partial charge on any atom is 0.305 e. The first-order valence-corrected chi connectivity index (χ1v) is 4.00. The van der Waals surface area contributed by atoms with Gasteiger partial charge in [0.1, 0.15) is 5.82 Å². The van der Waals surface area contributed by atoms with Crippen molar-refractivity contribution in [2.75, 3.05) is 11.9 Å². The lowest BCUT2D eigenvalue weighted by Crippen LogP contribution is -2.08. The number of carboxylic acid groups (broad SMARTS) is 1. The fourth-order valence-electron chi connectivity index (χ4n) is 0.731. The monoisotopic (exact) mass is 201 g/mol. The molecule has 0 atom stereocenters. The Kier molecular flexibility index (Phi) is 3.45. The molecule has 0 fully saturated rings. The van der Waals surface area contributed by atoms with Gasteiger partial charge in [-0.3, -0.25) is 4.79 Å². The Hall–Kier alpha value is -1.36. The smallest absolute Gasteiger partial charge is 0.305 e. The first-order chi connectivity index (χ1) is 6.18. The van der Waals surface area contributed by atoms with Crippen LogP contribution in [0.5, 0.6) is 0 Å². The Morgan fingerprint density at radius 3 is 3.08 bits per heavy atom. The van der Waals surface area contributed by atoms with Crippen LogP contribution in [0.25, 0.3) is 0 Å². The number of halogens is 1. The summed E-state index contributed by atoms with van der Waals surface area (Å²) in [6, 6.07) is 1.62. The summed E-state index contributed by atoms with van der Waals surface area (Å²) >= 11 is 5.51. The van der Waals surface area contributed by atoms with Crippen molar-refractivity contribution in [1.82, 2.24) is 9.97 Å². The van der Waals surface area contributed by atoms with E-state index in [9.17, 15) is 4.79 Å². The molecule has 6 heteroatoms. The highest BCUT2D eigenvalue weighted by Gasteiger charge is 1.98. The topological polar surface area (TPSA) is 75.1 Å². The number of rotatable bonds is 4. The van der Waals surface area contributed by atoms with Crippen molar-refractivity contribution in [3.05, 3.63) is 17.5 Å². The second kappa shape index (κ2) is 4.61. The minimum Gasteiger partial charge on any atom is -0.481 e. The zero-order valence-corrected chi connectivity index (χ0v) is 7.45. The molecule has 0 radical (unpaired) electrons. The summed E-state index contributed by atoms with van der Waals surface area (Å²) in [5, 5.41) is 11.3. The van der Waals surface area contributed by atoms with Gasteiger partial charge in [-0.15, -0.1) is 0 Å². The summed E-state index contributed by atoms with van der Waals surface area (Å²) in [5.41, 5.74) is 0. The highest BCUT2D eigenvalue weighted by molar-refractivity contribution is 6.28. The predicted octanol–water partition coefficient (Wildman–Crippen LogP) is 1.02. The molecular weight excluding hydrogens is 194 g/mol. The van der Waals surface area contributed by atoms with E-state index in [2.05, 4.69) is 15.3 Å². The van der Waals surface area contributed by atoms with Crippen molar-refractivity contribution in [2.45, 2.75) is 6.42 Å². The zero-order valence-electron chi connectivity index (χ0n) is 6.70. The third kappa shape index (κ3) is 3.71. The highest BCUT2D eigenvalue weighted by atomic mass is 35.5. The average molecular weight is 202 g/mol. The molecule has 0 saturated heterocycles. The molecule has 1 heterocycles. The number of carboxylic acids is 1. The Morgan fingerprint density at radius 2 is 2.46 bits per heavy atom. The minimum absolute atomic E-state index is 0.0433. The van der Waals surface area contributed by atoms with Crippen LogP contribution in [0.2, 0.25) is 5.28 Å². The van der Waals surface area contributed by atoms with Crippen LogP contribution >= 0.6 is 11.6 Å². The van der Waals surface area contributed by atoms with Crippen LogP contribution < -0.4 is 5.32 Å². The standard InChI is InChI=1S/C7H8ClN3O2/c8-7-10-3-1-5(11-7)9-4-2-6(12)13/h1,3H,2,4H2,(H,12,13)(H,9,10,11). The lowest BCUT2D eigenvalue weighted by molar-refractivity contribution is -0.136. The van der Waals surface area contributed by atoms with Gasteiger partial charge in [0.15, 0.2) is 0 Å². The number of aliphatic carboxylic acids is 1. The van der Waals surface area contributed by atoms with Crippen LogP contribution in [0, 0.1) is 0 Å². The summed E-state index contributed by atoms with van der Waals surface area (Å²) in [7, 11) is 0. The summed E-state index contributed by atoms with van der Waals surface area (Å²) < 4.78 is 0. The van der Waals surface area contributed by atoms with Gasteiger partial charge in [-0.05, 0) is 17.7 Å².